The predicted octanol–water partition coefficient (Wildman–Crippen LogP) is 3.72. The Balaban J connectivity index is 2.84. The van der Waals surface area contributed by atoms with Gasteiger partial charge in [0.25, 0.3) is 0 Å². The van der Waals surface area contributed by atoms with Crippen molar-refractivity contribution in [3.05, 3.63) is 35.4 Å². The highest BCUT2D eigenvalue weighted by molar-refractivity contribution is 5.25. The Kier molecular flexibility index (Phi) is 4.83. The van der Waals surface area contributed by atoms with E-state index in [0.717, 1.165) is 24.8 Å². The molecule has 1 aromatic rings. The van der Waals surface area contributed by atoms with E-state index >= 15 is 0 Å². The summed E-state index contributed by atoms with van der Waals surface area (Å²) in [6.07, 6.45) is 2.80. The van der Waals surface area contributed by atoms with Crippen molar-refractivity contribution in [3.8, 4) is 0 Å². The first kappa shape index (κ1) is 12.3. The summed E-state index contributed by atoms with van der Waals surface area (Å²) in [4.78, 5) is 0. The lowest BCUT2D eigenvalue weighted by atomic mass is 9.90. The average molecular weight is 206 g/mol. The second-order valence-electron chi connectivity index (χ2n) is 4.12. The fourth-order valence-electron chi connectivity index (χ4n) is 2.00. The molecule has 1 N–H and O–H groups in total. The maximum atomic E-state index is 10.2. The summed E-state index contributed by atoms with van der Waals surface area (Å²) in [5, 5.41) is 10.2. The molecule has 1 aromatic carbocycles. The van der Waals surface area contributed by atoms with Crippen LogP contribution in [0.2, 0.25) is 0 Å². The molecule has 0 saturated carbocycles. The summed E-state index contributed by atoms with van der Waals surface area (Å²) in [5.74, 6) is 0.386. The molecule has 1 rings (SSSR count). The van der Waals surface area contributed by atoms with Gasteiger partial charge >= 0.3 is 0 Å². The first-order chi connectivity index (χ1) is 7.22. The summed E-state index contributed by atoms with van der Waals surface area (Å²) < 4.78 is 0. The Hall–Kier alpha value is -0.820. The van der Waals surface area contributed by atoms with E-state index in [-0.39, 0.29) is 6.10 Å². The van der Waals surface area contributed by atoms with Gasteiger partial charge in [0.05, 0.1) is 6.10 Å². The van der Waals surface area contributed by atoms with Gasteiger partial charge in [-0.2, -0.15) is 0 Å². The van der Waals surface area contributed by atoms with Crippen LogP contribution in [0.4, 0.5) is 0 Å². The number of aliphatic hydroxyl groups excluding tert-OH is 1. The topological polar surface area (TPSA) is 20.2 Å². The van der Waals surface area contributed by atoms with Crippen LogP contribution in [-0.4, -0.2) is 5.11 Å². The van der Waals surface area contributed by atoms with Crippen molar-refractivity contribution in [1.82, 2.24) is 0 Å². The average Bonchev–Trinajstić information content (AvgIpc) is 2.30. The minimum atomic E-state index is -0.300. The van der Waals surface area contributed by atoms with E-state index in [1.807, 2.05) is 12.1 Å². The monoisotopic (exact) mass is 206 g/mol. The summed E-state index contributed by atoms with van der Waals surface area (Å²) >= 11 is 0. The van der Waals surface area contributed by atoms with E-state index < -0.39 is 0 Å². The summed E-state index contributed by atoms with van der Waals surface area (Å²) in [6.45, 7) is 6.42. The largest absolute Gasteiger partial charge is 0.388 e. The Morgan fingerprint density at radius 2 is 1.80 bits per heavy atom. The fourth-order valence-corrected chi connectivity index (χ4v) is 2.00. The molecule has 1 nitrogen and oxygen atoms in total. The Labute approximate surface area is 93.1 Å². The molecule has 84 valence electrons. The standard InChI is InChI=1S/C14H22O/c1-4-11-8-7-9-13(10-11)14(15)12(5-2)6-3/h7-10,12,14-15H,4-6H2,1-3H3. The van der Waals surface area contributed by atoms with E-state index in [0.29, 0.717) is 5.92 Å². The highest BCUT2D eigenvalue weighted by Crippen LogP contribution is 2.27. The SMILES string of the molecule is CCc1cccc(C(O)C(CC)CC)c1. The third-order valence-corrected chi connectivity index (χ3v) is 3.20. The molecule has 0 saturated heterocycles. The van der Waals surface area contributed by atoms with Crippen LogP contribution in [0, 0.1) is 5.92 Å². The van der Waals surface area contributed by atoms with Crippen LogP contribution in [-0.2, 0) is 6.42 Å². The van der Waals surface area contributed by atoms with Crippen LogP contribution in [0.15, 0.2) is 24.3 Å². The highest BCUT2D eigenvalue weighted by Gasteiger charge is 2.17. The predicted molar refractivity (Wildman–Crippen MR) is 64.9 cm³/mol. The quantitative estimate of drug-likeness (QED) is 0.778. The van der Waals surface area contributed by atoms with E-state index in [4.69, 9.17) is 0 Å². The van der Waals surface area contributed by atoms with Crippen molar-refractivity contribution in [2.45, 2.75) is 46.1 Å². The number of aryl methyl sites for hydroxylation is 1. The Morgan fingerprint density at radius 1 is 1.13 bits per heavy atom. The molecule has 1 atom stereocenters. The molecule has 0 aromatic heterocycles. The van der Waals surface area contributed by atoms with Gasteiger partial charge in [0, 0.05) is 0 Å². The zero-order valence-corrected chi connectivity index (χ0v) is 10.0. The van der Waals surface area contributed by atoms with Crippen molar-refractivity contribution < 1.29 is 5.11 Å². The normalized spacial score (nSPS) is 13.1. The molecule has 15 heavy (non-hydrogen) atoms. The molecule has 1 heteroatoms. The third-order valence-electron chi connectivity index (χ3n) is 3.20. The number of rotatable bonds is 5. The maximum Gasteiger partial charge on any atom is 0.0818 e. The molecule has 0 aliphatic carbocycles. The molecule has 0 bridgehead atoms. The minimum absolute atomic E-state index is 0.300. The molecule has 0 heterocycles. The first-order valence-electron chi connectivity index (χ1n) is 5.99. The van der Waals surface area contributed by atoms with Gasteiger partial charge in [0.1, 0.15) is 0 Å². The maximum absolute atomic E-state index is 10.2. The van der Waals surface area contributed by atoms with Crippen LogP contribution < -0.4 is 0 Å². The van der Waals surface area contributed by atoms with Gasteiger partial charge in [-0.15, -0.1) is 0 Å². The third kappa shape index (κ3) is 3.07. The molecule has 0 aliphatic heterocycles. The van der Waals surface area contributed by atoms with Gasteiger partial charge < -0.3 is 5.11 Å². The summed E-state index contributed by atoms with van der Waals surface area (Å²) in [6, 6.07) is 8.31. The van der Waals surface area contributed by atoms with E-state index in [9.17, 15) is 5.11 Å². The minimum Gasteiger partial charge on any atom is -0.388 e. The van der Waals surface area contributed by atoms with Crippen molar-refractivity contribution in [2.24, 2.45) is 5.92 Å². The van der Waals surface area contributed by atoms with Crippen molar-refractivity contribution in [1.29, 1.82) is 0 Å². The highest BCUT2D eigenvalue weighted by atomic mass is 16.3. The van der Waals surface area contributed by atoms with Crippen LogP contribution in [0.3, 0.4) is 0 Å². The zero-order valence-electron chi connectivity index (χ0n) is 10.0. The molecule has 0 spiro atoms. The lowest BCUT2D eigenvalue weighted by Crippen LogP contribution is -2.11. The van der Waals surface area contributed by atoms with E-state index in [1.165, 1.54) is 5.56 Å². The lowest BCUT2D eigenvalue weighted by Gasteiger charge is -2.20. The number of benzene rings is 1. The van der Waals surface area contributed by atoms with Gasteiger partial charge in [-0.1, -0.05) is 57.9 Å². The number of hydrogen-bond acceptors (Lipinski definition) is 1. The molecular formula is C14H22O. The van der Waals surface area contributed by atoms with Crippen molar-refractivity contribution in [2.75, 3.05) is 0 Å². The van der Waals surface area contributed by atoms with Crippen LogP contribution in [0.5, 0.6) is 0 Å². The number of hydrogen-bond donors (Lipinski definition) is 1. The van der Waals surface area contributed by atoms with Gasteiger partial charge in [0.2, 0.25) is 0 Å². The molecule has 0 fully saturated rings. The lowest BCUT2D eigenvalue weighted by molar-refractivity contribution is 0.103. The Bertz CT molecular complexity index is 289. The van der Waals surface area contributed by atoms with E-state index in [2.05, 4.69) is 32.9 Å². The second-order valence-corrected chi connectivity index (χ2v) is 4.12. The van der Waals surface area contributed by atoms with E-state index in [1.54, 1.807) is 0 Å². The molecular weight excluding hydrogens is 184 g/mol. The van der Waals surface area contributed by atoms with Crippen molar-refractivity contribution >= 4 is 0 Å². The molecule has 0 amide bonds. The second kappa shape index (κ2) is 5.92. The number of aliphatic hydroxyl groups is 1. The molecule has 1 unspecified atom stereocenters. The van der Waals surface area contributed by atoms with Crippen LogP contribution in [0.25, 0.3) is 0 Å². The smallest absolute Gasteiger partial charge is 0.0818 e. The first-order valence-corrected chi connectivity index (χ1v) is 5.99. The van der Waals surface area contributed by atoms with Crippen LogP contribution >= 0.6 is 0 Å². The zero-order chi connectivity index (χ0) is 11.3. The van der Waals surface area contributed by atoms with Crippen molar-refractivity contribution in [3.63, 3.8) is 0 Å². The van der Waals surface area contributed by atoms with Gasteiger partial charge in [-0.3, -0.25) is 0 Å². The van der Waals surface area contributed by atoms with Gasteiger partial charge in [-0.05, 0) is 23.5 Å². The fraction of sp³-hybridized carbons (Fsp3) is 0.571. The summed E-state index contributed by atoms with van der Waals surface area (Å²) in [5.41, 5.74) is 2.38. The summed E-state index contributed by atoms with van der Waals surface area (Å²) in [7, 11) is 0. The Morgan fingerprint density at radius 3 is 2.33 bits per heavy atom. The van der Waals surface area contributed by atoms with Gasteiger partial charge in [0.15, 0.2) is 0 Å². The van der Waals surface area contributed by atoms with Gasteiger partial charge in [-0.25, -0.2) is 0 Å². The molecule has 0 aliphatic rings. The van der Waals surface area contributed by atoms with Crippen LogP contribution in [0.1, 0.15) is 50.8 Å². The molecule has 0 radical (unpaired) electrons.